The number of anilines is 1. The van der Waals surface area contributed by atoms with Gasteiger partial charge in [-0.3, -0.25) is 10.1 Å². The van der Waals surface area contributed by atoms with Gasteiger partial charge in [0.2, 0.25) is 0 Å². The third-order valence-electron chi connectivity index (χ3n) is 2.63. The van der Waals surface area contributed by atoms with Gasteiger partial charge in [-0.05, 0) is 12.1 Å². The zero-order valence-corrected chi connectivity index (χ0v) is 11.0. The Balaban J connectivity index is 2.07. The van der Waals surface area contributed by atoms with Crippen LogP contribution in [0.25, 0.3) is 0 Å². The van der Waals surface area contributed by atoms with Crippen molar-refractivity contribution < 1.29 is 23.3 Å². The summed E-state index contributed by atoms with van der Waals surface area (Å²) in [5.41, 5.74) is 0.129. The number of nitro benzene ring substituents is 1. The van der Waals surface area contributed by atoms with Crippen molar-refractivity contribution in [2.75, 3.05) is 12.4 Å². The van der Waals surface area contributed by atoms with Crippen molar-refractivity contribution in [2.45, 2.75) is 6.54 Å². The number of non-ortho nitro benzene ring substituents is 1. The van der Waals surface area contributed by atoms with E-state index in [2.05, 4.69) is 10.1 Å². The lowest BCUT2D eigenvalue weighted by Gasteiger charge is -2.04. The molecule has 7 nitrogen and oxygen atoms in total. The van der Waals surface area contributed by atoms with Gasteiger partial charge in [-0.25, -0.2) is 9.18 Å². The van der Waals surface area contributed by atoms with Crippen LogP contribution in [-0.4, -0.2) is 18.0 Å². The van der Waals surface area contributed by atoms with Crippen molar-refractivity contribution in [2.24, 2.45) is 0 Å². The average molecular weight is 294 g/mol. The summed E-state index contributed by atoms with van der Waals surface area (Å²) in [6, 6.07) is 4.62. The van der Waals surface area contributed by atoms with E-state index in [-0.39, 0.29) is 23.5 Å². The predicted octanol–water partition coefficient (Wildman–Crippen LogP) is 2.73. The molecule has 0 aliphatic rings. The number of hydrogen-bond acceptors (Lipinski definition) is 6. The standard InChI is InChI=1S/C13H11FN2O5/c1-20-13(17)8-2-12(21-7-8)6-15-10-3-9(14)4-11(5-10)16(18)19/h2-5,7,15H,6H2,1H3. The van der Waals surface area contributed by atoms with Crippen molar-refractivity contribution in [3.63, 3.8) is 0 Å². The number of methoxy groups -OCH3 is 1. The first-order valence-electron chi connectivity index (χ1n) is 5.84. The highest BCUT2D eigenvalue weighted by Gasteiger charge is 2.12. The lowest BCUT2D eigenvalue weighted by molar-refractivity contribution is -0.385. The van der Waals surface area contributed by atoms with E-state index in [0.717, 1.165) is 12.1 Å². The lowest BCUT2D eigenvalue weighted by Crippen LogP contribution is -2.01. The Morgan fingerprint density at radius 1 is 1.43 bits per heavy atom. The number of rotatable bonds is 5. The van der Waals surface area contributed by atoms with E-state index in [1.54, 1.807) is 0 Å². The molecule has 0 radical (unpaired) electrons. The molecule has 110 valence electrons. The van der Waals surface area contributed by atoms with Gasteiger partial charge in [-0.2, -0.15) is 0 Å². The molecule has 0 fully saturated rings. The Kier molecular flexibility index (Phi) is 4.17. The highest BCUT2D eigenvalue weighted by atomic mass is 19.1. The SMILES string of the molecule is COC(=O)c1coc(CNc2cc(F)cc([N+](=O)[O-])c2)c1. The normalized spacial score (nSPS) is 10.2. The minimum Gasteiger partial charge on any atom is -0.467 e. The van der Waals surface area contributed by atoms with Crippen molar-refractivity contribution >= 4 is 17.3 Å². The molecule has 8 heteroatoms. The zero-order valence-electron chi connectivity index (χ0n) is 11.0. The molecule has 21 heavy (non-hydrogen) atoms. The van der Waals surface area contributed by atoms with E-state index in [9.17, 15) is 19.3 Å². The highest BCUT2D eigenvalue weighted by molar-refractivity contribution is 5.89. The smallest absolute Gasteiger partial charge is 0.341 e. The van der Waals surface area contributed by atoms with Crippen molar-refractivity contribution in [3.05, 3.63) is 57.8 Å². The largest absolute Gasteiger partial charge is 0.467 e. The molecule has 2 aromatic rings. The number of hydrogen-bond donors (Lipinski definition) is 1. The van der Waals surface area contributed by atoms with Gasteiger partial charge < -0.3 is 14.5 Å². The van der Waals surface area contributed by atoms with E-state index < -0.39 is 16.7 Å². The minimum atomic E-state index is -0.721. The number of nitro groups is 1. The summed E-state index contributed by atoms with van der Waals surface area (Å²) < 4.78 is 22.9. The molecule has 1 aromatic heterocycles. The summed E-state index contributed by atoms with van der Waals surface area (Å²) in [5, 5.41) is 13.4. The second-order valence-corrected chi connectivity index (χ2v) is 4.10. The fourth-order valence-corrected chi connectivity index (χ4v) is 1.67. The van der Waals surface area contributed by atoms with Gasteiger partial charge in [0.1, 0.15) is 17.8 Å². The van der Waals surface area contributed by atoms with E-state index >= 15 is 0 Å². The van der Waals surface area contributed by atoms with Crippen LogP contribution in [0.4, 0.5) is 15.8 Å². The van der Waals surface area contributed by atoms with Crippen LogP contribution >= 0.6 is 0 Å². The van der Waals surface area contributed by atoms with Crippen molar-refractivity contribution in [1.82, 2.24) is 0 Å². The molecule has 0 saturated heterocycles. The van der Waals surface area contributed by atoms with Gasteiger partial charge in [0.05, 0.1) is 30.2 Å². The first-order valence-corrected chi connectivity index (χ1v) is 5.84. The van der Waals surface area contributed by atoms with E-state index in [1.165, 1.54) is 25.5 Å². The molecule has 1 heterocycles. The van der Waals surface area contributed by atoms with E-state index in [1.807, 2.05) is 0 Å². The Hall–Kier alpha value is -2.90. The third-order valence-corrected chi connectivity index (χ3v) is 2.63. The lowest BCUT2D eigenvalue weighted by atomic mass is 10.2. The molecule has 0 amide bonds. The third kappa shape index (κ3) is 3.56. The van der Waals surface area contributed by atoms with Gasteiger partial charge in [0.15, 0.2) is 0 Å². The second-order valence-electron chi connectivity index (χ2n) is 4.10. The summed E-state index contributed by atoms with van der Waals surface area (Å²) in [6.07, 6.45) is 1.23. The highest BCUT2D eigenvalue weighted by Crippen LogP contribution is 2.21. The number of carbonyl (C=O) groups excluding carboxylic acids is 1. The number of furan rings is 1. The second kappa shape index (κ2) is 6.04. The molecule has 0 aliphatic heterocycles. The zero-order chi connectivity index (χ0) is 15.4. The van der Waals surface area contributed by atoms with Crippen LogP contribution in [0.3, 0.4) is 0 Å². The van der Waals surface area contributed by atoms with Crippen molar-refractivity contribution in [1.29, 1.82) is 0 Å². The van der Waals surface area contributed by atoms with Crippen LogP contribution in [0, 0.1) is 15.9 Å². The monoisotopic (exact) mass is 294 g/mol. The van der Waals surface area contributed by atoms with E-state index in [0.29, 0.717) is 5.76 Å². The Morgan fingerprint density at radius 3 is 2.86 bits per heavy atom. The maximum atomic E-state index is 13.2. The summed E-state index contributed by atoms with van der Waals surface area (Å²) in [4.78, 5) is 21.2. The molecule has 1 N–H and O–H groups in total. The number of carbonyl (C=O) groups is 1. The molecule has 0 atom stereocenters. The van der Waals surface area contributed by atoms with Crippen molar-refractivity contribution in [3.8, 4) is 0 Å². The van der Waals surface area contributed by atoms with Gasteiger partial charge in [0.25, 0.3) is 5.69 Å². The fraction of sp³-hybridized carbons (Fsp3) is 0.154. The molecule has 0 bridgehead atoms. The molecule has 0 aliphatic carbocycles. The number of nitrogens with one attached hydrogen (secondary N) is 1. The average Bonchev–Trinajstić information content (AvgIpc) is 2.92. The Bertz CT molecular complexity index is 683. The number of ether oxygens (including phenoxy) is 1. The summed E-state index contributed by atoms with van der Waals surface area (Å²) >= 11 is 0. The summed E-state index contributed by atoms with van der Waals surface area (Å²) in [6.45, 7) is 0.137. The Morgan fingerprint density at radius 2 is 2.19 bits per heavy atom. The first kappa shape index (κ1) is 14.5. The Labute approximate surface area is 118 Å². The van der Waals surface area contributed by atoms with Gasteiger partial charge in [-0.1, -0.05) is 0 Å². The van der Waals surface area contributed by atoms with Crippen LogP contribution in [0.15, 0.2) is 34.9 Å². The molecule has 0 saturated carbocycles. The van der Waals surface area contributed by atoms with Gasteiger partial charge >= 0.3 is 5.97 Å². The molecule has 1 aromatic carbocycles. The van der Waals surface area contributed by atoms with Crippen LogP contribution in [0.2, 0.25) is 0 Å². The van der Waals surface area contributed by atoms with Crippen LogP contribution < -0.4 is 5.32 Å². The maximum Gasteiger partial charge on any atom is 0.341 e. The minimum absolute atomic E-state index is 0.137. The summed E-state index contributed by atoms with van der Waals surface area (Å²) in [5.74, 6) is -0.852. The number of esters is 1. The van der Waals surface area contributed by atoms with Crippen LogP contribution in [0.1, 0.15) is 16.1 Å². The molecule has 0 spiro atoms. The fourth-order valence-electron chi connectivity index (χ4n) is 1.67. The van der Waals surface area contributed by atoms with Gasteiger partial charge in [0, 0.05) is 11.8 Å². The summed E-state index contributed by atoms with van der Waals surface area (Å²) in [7, 11) is 1.25. The maximum absolute atomic E-state index is 13.2. The number of benzene rings is 1. The van der Waals surface area contributed by atoms with Crippen LogP contribution in [-0.2, 0) is 11.3 Å². The molecular weight excluding hydrogens is 283 g/mol. The topological polar surface area (TPSA) is 94.6 Å². The quantitative estimate of drug-likeness (QED) is 0.517. The first-order chi connectivity index (χ1) is 9.99. The number of nitrogens with zero attached hydrogens (tertiary/aromatic N) is 1. The molecular formula is C13H11FN2O5. The predicted molar refractivity (Wildman–Crippen MR) is 70.4 cm³/mol. The molecule has 0 unspecified atom stereocenters. The van der Waals surface area contributed by atoms with Crippen LogP contribution in [0.5, 0.6) is 0 Å². The van der Waals surface area contributed by atoms with Gasteiger partial charge in [-0.15, -0.1) is 0 Å². The number of halogens is 1. The molecule has 2 rings (SSSR count). The van der Waals surface area contributed by atoms with E-state index in [4.69, 9.17) is 4.42 Å².